The van der Waals surface area contributed by atoms with Crippen molar-refractivity contribution in [3.05, 3.63) is 47.0 Å². The van der Waals surface area contributed by atoms with Gasteiger partial charge in [0.2, 0.25) is 17.7 Å². The molecule has 0 spiro atoms. The van der Waals surface area contributed by atoms with Crippen molar-refractivity contribution in [3.63, 3.8) is 0 Å². The first-order chi connectivity index (χ1) is 13.5. The van der Waals surface area contributed by atoms with Gasteiger partial charge < -0.3 is 5.32 Å². The number of allylic oxidation sites excluding steroid dienone is 1. The molecule has 1 aliphatic carbocycles. The van der Waals surface area contributed by atoms with Crippen LogP contribution in [0.5, 0.6) is 0 Å². The number of likely N-dealkylation sites (tertiary alicyclic amines) is 1. The summed E-state index contributed by atoms with van der Waals surface area (Å²) in [5.74, 6) is -5.87. The van der Waals surface area contributed by atoms with Gasteiger partial charge in [-0.3, -0.25) is 19.3 Å². The van der Waals surface area contributed by atoms with Crippen LogP contribution >= 0.6 is 11.6 Å². The zero-order chi connectivity index (χ0) is 21.5. The summed E-state index contributed by atoms with van der Waals surface area (Å²) in [5.41, 5.74) is 0.783. The maximum absolute atomic E-state index is 13.0. The van der Waals surface area contributed by atoms with Crippen molar-refractivity contribution in [2.24, 2.45) is 23.7 Å². The summed E-state index contributed by atoms with van der Waals surface area (Å²) < 4.78 is 38.4. The first-order valence-corrected chi connectivity index (χ1v) is 9.53. The monoisotopic (exact) mass is 428 g/mol. The fraction of sp³-hybridized carbons (Fsp3) is 0.450. The number of halogens is 4. The Hall–Kier alpha value is -2.35. The van der Waals surface area contributed by atoms with Gasteiger partial charge in [0.15, 0.2) is 0 Å². The van der Waals surface area contributed by atoms with E-state index in [1.807, 2.05) is 0 Å². The van der Waals surface area contributed by atoms with Crippen LogP contribution in [-0.2, 0) is 14.4 Å². The van der Waals surface area contributed by atoms with Crippen LogP contribution in [0.1, 0.15) is 25.5 Å². The van der Waals surface area contributed by atoms with Gasteiger partial charge in [0.1, 0.15) is 6.54 Å². The second-order valence-electron chi connectivity index (χ2n) is 7.48. The van der Waals surface area contributed by atoms with Crippen molar-refractivity contribution in [2.75, 3.05) is 6.54 Å². The highest BCUT2D eigenvalue weighted by molar-refractivity contribution is 6.30. The quantitative estimate of drug-likeness (QED) is 0.589. The lowest BCUT2D eigenvalue weighted by Crippen LogP contribution is -2.45. The second kappa shape index (κ2) is 7.82. The predicted octanol–water partition coefficient (Wildman–Crippen LogP) is 3.50. The van der Waals surface area contributed by atoms with E-state index in [1.54, 1.807) is 44.2 Å². The number of nitrogens with zero attached hydrogens (tertiary/aromatic N) is 1. The summed E-state index contributed by atoms with van der Waals surface area (Å²) in [6.07, 6.45) is -1.64. The van der Waals surface area contributed by atoms with Gasteiger partial charge in [0, 0.05) is 5.02 Å². The lowest BCUT2D eigenvalue weighted by Gasteiger charge is -2.32. The zero-order valence-electron chi connectivity index (χ0n) is 15.7. The van der Waals surface area contributed by atoms with Gasteiger partial charge in [-0.05, 0) is 30.5 Å². The number of hydrogen-bond donors (Lipinski definition) is 1. The number of rotatable bonds is 4. The molecule has 1 saturated heterocycles. The Labute approximate surface area is 170 Å². The van der Waals surface area contributed by atoms with Crippen LogP contribution in [-0.4, -0.2) is 35.3 Å². The molecule has 3 amide bonds. The number of benzene rings is 1. The molecule has 1 fully saturated rings. The van der Waals surface area contributed by atoms with Gasteiger partial charge in [-0.25, -0.2) is 0 Å². The van der Waals surface area contributed by atoms with Crippen LogP contribution in [0.4, 0.5) is 13.2 Å². The lowest BCUT2D eigenvalue weighted by molar-refractivity contribution is -0.166. The molecular formula is C20H20ClF3N2O3. The molecule has 3 rings (SSSR count). The number of amides is 3. The number of alkyl halides is 3. The third kappa shape index (κ3) is 4.32. The average Bonchev–Trinajstić information content (AvgIpc) is 2.85. The van der Waals surface area contributed by atoms with E-state index in [4.69, 9.17) is 11.6 Å². The van der Waals surface area contributed by atoms with Gasteiger partial charge in [-0.1, -0.05) is 42.8 Å². The molecule has 5 nitrogen and oxygen atoms in total. The molecule has 156 valence electrons. The Morgan fingerprint density at radius 2 is 1.79 bits per heavy atom. The topological polar surface area (TPSA) is 66.5 Å². The number of carbonyl (C=O) groups excluding carboxylic acids is 3. The van der Waals surface area contributed by atoms with Crippen molar-refractivity contribution < 1.29 is 27.6 Å². The van der Waals surface area contributed by atoms with Crippen molar-refractivity contribution in [2.45, 2.75) is 26.1 Å². The SMILES string of the molecule is C[C@H](NC(=O)[C@H]1[C@@H]2C(=O)N(CC(F)(F)F)C(=O)[C@H]2C=C[C@H]1C)c1ccc(Cl)cc1. The molecule has 1 aromatic carbocycles. The minimum absolute atomic E-state index is 0.223. The Morgan fingerprint density at radius 1 is 1.17 bits per heavy atom. The first-order valence-electron chi connectivity index (χ1n) is 9.15. The largest absolute Gasteiger partial charge is 0.406 e. The Balaban J connectivity index is 1.82. The second-order valence-corrected chi connectivity index (χ2v) is 7.92. The van der Waals surface area contributed by atoms with E-state index in [1.165, 1.54) is 6.08 Å². The Kier molecular flexibility index (Phi) is 5.76. The van der Waals surface area contributed by atoms with E-state index in [-0.39, 0.29) is 4.90 Å². The fourth-order valence-corrected chi connectivity index (χ4v) is 4.10. The van der Waals surface area contributed by atoms with Crippen LogP contribution in [0, 0.1) is 23.7 Å². The molecule has 0 saturated carbocycles. The first kappa shape index (κ1) is 21.4. The molecule has 0 bridgehead atoms. The molecule has 2 aliphatic rings. The molecule has 1 heterocycles. The van der Waals surface area contributed by atoms with Crippen molar-refractivity contribution in [1.82, 2.24) is 10.2 Å². The molecule has 29 heavy (non-hydrogen) atoms. The van der Waals surface area contributed by atoms with Gasteiger partial charge in [0.05, 0.1) is 23.8 Å². The van der Waals surface area contributed by atoms with Crippen LogP contribution in [0.3, 0.4) is 0 Å². The van der Waals surface area contributed by atoms with Gasteiger partial charge in [-0.15, -0.1) is 0 Å². The smallest absolute Gasteiger partial charge is 0.349 e. The summed E-state index contributed by atoms with van der Waals surface area (Å²) >= 11 is 5.86. The molecule has 0 aromatic heterocycles. The highest BCUT2D eigenvalue weighted by atomic mass is 35.5. The summed E-state index contributed by atoms with van der Waals surface area (Å²) in [6, 6.07) is 6.44. The van der Waals surface area contributed by atoms with Gasteiger partial charge in [-0.2, -0.15) is 13.2 Å². The third-order valence-electron chi connectivity index (χ3n) is 5.43. The summed E-state index contributed by atoms with van der Waals surface area (Å²) in [5, 5.41) is 3.35. The van der Waals surface area contributed by atoms with Crippen LogP contribution < -0.4 is 5.32 Å². The molecule has 1 aromatic rings. The predicted molar refractivity (Wildman–Crippen MR) is 99.6 cm³/mol. The van der Waals surface area contributed by atoms with Gasteiger partial charge >= 0.3 is 6.18 Å². The maximum atomic E-state index is 13.0. The highest BCUT2D eigenvalue weighted by Gasteiger charge is 2.56. The number of carbonyl (C=O) groups is 3. The van der Waals surface area contributed by atoms with E-state index < -0.39 is 60.2 Å². The minimum Gasteiger partial charge on any atom is -0.349 e. The van der Waals surface area contributed by atoms with Crippen LogP contribution in [0.15, 0.2) is 36.4 Å². The molecule has 0 unspecified atom stereocenters. The number of nitrogens with one attached hydrogen (secondary N) is 1. The molecule has 1 N–H and O–H groups in total. The number of imide groups is 1. The summed E-state index contributed by atoms with van der Waals surface area (Å²) in [6.45, 7) is 1.81. The standard InChI is InChI=1S/C20H20ClF3N2O3/c1-10-3-8-14-16(19(29)26(18(14)28)9-20(22,23)24)15(10)17(27)25-11(2)12-4-6-13(21)7-5-12/h3-8,10-11,14-16H,9H2,1-2H3,(H,25,27)/t10-,11+,14+,15-,16-/m1/s1. The fourth-order valence-electron chi connectivity index (χ4n) is 3.98. The van der Waals surface area contributed by atoms with E-state index in [0.717, 1.165) is 5.56 Å². The lowest BCUT2D eigenvalue weighted by atomic mass is 9.71. The molecule has 9 heteroatoms. The van der Waals surface area contributed by atoms with Crippen molar-refractivity contribution >= 4 is 29.3 Å². The maximum Gasteiger partial charge on any atom is 0.406 e. The number of fused-ring (bicyclic) bond motifs is 1. The average molecular weight is 429 g/mol. The van der Waals surface area contributed by atoms with E-state index in [2.05, 4.69) is 5.32 Å². The van der Waals surface area contributed by atoms with Crippen LogP contribution in [0.2, 0.25) is 5.02 Å². The molecule has 0 radical (unpaired) electrons. The van der Waals surface area contributed by atoms with E-state index in [9.17, 15) is 27.6 Å². The third-order valence-corrected chi connectivity index (χ3v) is 5.69. The van der Waals surface area contributed by atoms with Crippen molar-refractivity contribution in [1.29, 1.82) is 0 Å². The van der Waals surface area contributed by atoms with E-state index in [0.29, 0.717) is 5.02 Å². The molecular weight excluding hydrogens is 409 g/mol. The van der Waals surface area contributed by atoms with E-state index >= 15 is 0 Å². The summed E-state index contributed by atoms with van der Waals surface area (Å²) in [4.78, 5) is 38.2. The van der Waals surface area contributed by atoms with Crippen molar-refractivity contribution in [3.8, 4) is 0 Å². The Morgan fingerprint density at radius 3 is 2.38 bits per heavy atom. The molecule has 1 aliphatic heterocycles. The zero-order valence-corrected chi connectivity index (χ0v) is 16.5. The molecule has 5 atom stereocenters. The summed E-state index contributed by atoms with van der Waals surface area (Å²) in [7, 11) is 0. The van der Waals surface area contributed by atoms with Crippen LogP contribution in [0.25, 0.3) is 0 Å². The number of hydrogen-bond acceptors (Lipinski definition) is 3. The normalized spacial score (nSPS) is 27.7. The Bertz CT molecular complexity index is 854. The minimum atomic E-state index is -4.70. The highest BCUT2D eigenvalue weighted by Crippen LogP contribution is 2.42. The van der Waals surface area contributed by atoms with Gasteiger partial charge in [0.25, 0.3) is 0 Å².